The van der Waals surface area contributed by atoms with Gasteiger partial charge >= 0.3 is 0 Å². The highest BCUT2D eigenvalue weighted by Gasteiger charge is 2.28. The number of H-pyrrole nitrogens is 1. The molecule has 1 aliphatic rings. The zero-order chi connectivity index (χ0) is 15.6. The number of aromatic amines is 1. The molecule has 1 saturated heterocycles. The lowest BCUT2D eigenvalue weighted by Crippen LogP contribution is -2.49. The highest BCUT2D eigenvalue weighted by atomic mass is 16.5. The normalized spacial score (nSPS) is 18.2. The summed E-state index contributed by atoms with van der Waals surface area (Å²) in [5.41, 5.74) is 1.90. The molecule has 4 heterocycles. The van der Waals surface area contributed by atoms with Crippen molar-refractivity contribution in [3.8, 4) is 0 Å². The Balaban J connectivity index is 1.55. The third-order valence-corrected chi connectivity index (χ3v) is 4.16. The van der Waals surface area contributed by atoms with Gasteiger partial charge in [0.05, 0.1) is 12.3 Å². The molecule has 3 aromatic heterocycles. The molecule has 0 aliphatic carbocycles. The van der Waals surface area contributed by atoms with Crippen LogP contribution < -0.4 is 5.32 Å². The molecular weight excluding hydrogens is 294 g/mol. The average molecular weight is 313 g/mol. The maximum absolute atomic E-state index is 5.25. The van der Waals surface area contributed by atoms with Crippen LogP contribution in [0.2, 0.25) is 0 Å². The van der Waals surface area contributed by atoms with Gasteiger partial charge in [-0.15, -0.1) is 0 Å². The molecule has 0 bridgehead atoms. The standard InChI is InChI=1S/C15H19N7O/c1-23-10-12-4-7-21(12)8-11-9-22-14(18-11)3-5-16-15(22)19-13-2-6-17-20-13/h2-3,5-6,9,12H,4,7-8,10H2,1H3,(H2,16,17,19,20). The molecule has 3 aromatic rings. The van der Waals surface area contributed by atoms with E-state index in [0.717, 1.165) is 36.9 Å². The van der Waals surface area contributed by atoms with Crippen LogP contribution in [0.4, 0.5) is 11.8 Å². The molecule has 0 radical (unpaired) electrons. The molecule has 1 unspecified atom stereocenters. The Morgan fingerprint density at radius 1 is 1.43 bits per heavy atom. The summed E-state index contributed by atoms with van der Waals surface area (Å²) in [6.07, 6.45) is 6.73. The SMILES string of the molecule is COCC1CCN1Cc1cn2c(Nc3cc[nH]n3)nccc2n1. The maximum Gasteiger partial charge on any atom is 0.214 e. The predicted octanol–water partition coefficient (Wildman–Crippen LogP) is 1.42. The Bertz CT molecular complexity index is 782. The molecule has 1 atom stereocenters. The van der Waals surface area contributed by atoms with E-state index in [1.54, 1.807) is 19.5 Å². The zero-order valence-corrected chi connectivity index (χ0v) is 12.9. The van der Waals surface area contributed by atoms with Gasteiger partial charge in [0.2, 0.25) is 5.95 Å². The van der Waals surface area contributed by atoms with Crippen LogP contribution in [0, 0.1) is 0 Å². The summed E-state index contributed by atoms with van der Waals surface area (Å²) in [6.45, 7) is 2.71. The van der Waals surface area contributed by atoms with Gasteiger partial charge in [-0.2, -0.15) is 5.10 Å². The van der Waals surface area contributed by atoms with Gasteiger partial charge in [-0.05, 0) is 12.5 Å². The van der Waals surface area contributed by atoms with Crippen molar-refractivity contribution < 1.29 is 4.74 Å². The number of anilines is 2. The van der Waals surface area contributed by atoms with Gasteiger partial charge in [0.15, 0.2) is 5.82 Å². The first-order valence-electron chi connectivity index (χ1n) is 7.66. The van der Waals surface area contributed by atoms with Crippen LogP contribution >= 0.6 is 0 Å². The number of rotatable bonds is 6. The van der Waals surface area contributed by atoms with Gasteiger partial charge < -0.3 is 10.1 Å². The van der Waals surface area contributed by atoms with E-state index < -0.39 is 0 Å². The Kier molecular flexibility index (Phi) is 3.68. The van der Waals surface area contributed by atoms with E-state index in [4.69, 9.17) is 9.72 Å². The smallest absolute Gasteiger partial charge is 0.214 e. The molecule has 1 aliphatic heterocycles. The number of aromatic nitrogens is 5. The van der Waals surface area contributed by atoms with Gasteiger partial charge in [-0.1, -0.05) is 0 Å². The molecule has 120 valence electrons. The topological polar surface area (TPSA) is 83.4 Å². The van der Waals surface area contributed by atoms with Crippen molar-refractivity contribution in [3.05, 3.63) is 36.4 Å². The fourth-order valence-electron chi connectivity index (χ4n) is 2.87. The summed E-state index contributed by atoms with van der Waals surface area (Å²) in [5.74, 6) is 1.42. The largest absolute Gasteiger partial charge is 0.383 e. The van der Waals surface area contributed by atoms with E-state index >= 15 is 0 Å². The fraction of sp³-hybridized carbons (Fsp3) is 0.400. The molecule has 0 saturated carbocycles. The molecule has 2 N–H and O–H groups in total. The van der Waals surface area contributed by atoms with Crippen LogP contribution in [-0.4, -0.2) is 55.8 Å². The third-order valence-electron chi connectivity index (χ3n) is 4.16. The zero-order valence-electron chi connectivity index (χ0n) is 12.9. The van der Waals surface area contributed by atoms with Crippen molar-refractivity contribution in [2.24, 2.45) is 0 Å². The number of fused-ring (bicyclic) bond motifs is 1. The first kappa shape index (κ1) is 14.2. The predicted molar refractivity (Wildman–Crippen MR) is 85.5 cm³/mol. The minimum atomic E-state index is 0.504. The molecule has 0 spiro atoms. The molecule has 4 rings (SSSR count). The van der Waals surface area contributed by atoms with Crippen LogP contribution in [0.15, 0.2) is 30.7 Å². The summed E-state index contributed by atoms with van der Waals surface area (Å²) in [5, 5.41) is 10.1. The lowest BCUT2D eigenvalue weighted by molar-refractivity contribution is 0.0171. The van der Waals surface area contributed by atoms with E-state index in [1.165, 1.54) is 6.42 Å². The fourth-order valence-corrected chi connectivity index (χ4v) is 2.87. The lowest BCUT2D eigenvalue weighted by Gasteiger charge is -2.40. The van der Waals surface area contributed by atoms with Crippen molar-refractivity contribution in [1.29, 1.82) is 0 Å². The second kappa shape index (κ2) is 5.98. The number of hydrogen-bond acceptors (Lipinski definition) is 6. The number of nitrogens with zero attached hydrogens (tertiary/aromatic N) is 5. The number of imidazole rings is 1. The Morgan fingerprint density at radius 2 is 2.39 bits per heavy atom. The minimum Gasteiger partial charge on any atom is -0.383 e. The van der Waals surface area contributed by atoms with Gasteiger partial charge in [-0.3, -0.25) is 14.4 Å². The Labute approximate surface area is 133 Å². The second-order valence-corrected chi connectivity index (χ2v) is 5.68. The van der Waals surface area contributed by atoms with Crippen LogP contribution in [0.25, 0.3) is 5.65 Å². The molecule has 23 heavy (non-hydrogen) atoms. The molecule has 0 amide bonds. The summed E-state index contributed by atoms with van der Waals surface area (Å²) in [6, 6.07) is 4.26. The first-order chi connectivity index (χ1) is 11.3. The lowest BCUT2D eigenvalue weighted by atomic mass is 10.0. The van der Waals surface area contributed by atoms with Crippen molar-refractivity contribution in [2.75, 3.05) is 25.6 Å². The van der Waals surface area contributed by atoms with E-state index in [0.29, 0.717) is 12.0 Å². The summed E-state index contributed by atoms with van der Waals surface area (Å²) in [7, 11) is 1.75. The molecule has 8 heteroatoms. The number of hydrogen-bond donors (Lipinski definition) is 2. The number of likely N-dealkylation sites (tertiary alicyclic amines) is 1. The van der Waals surface area contributed by atoms with E-state index in [9.17, 15) is 0 Å². The van der Waals surface area contributed by atoms with Gasteiger partial charge in [-0.25, -0.2) is 9.97 Å². The number of methoxy groups -OCH3 is 1. The van der Waals surface area contributed by atoms with E-state index in [2.05, 4.69) is 25.4 Å². The summed E-state index contributed by atoms with van der Waals surface area (Å²) >= 11 is 0. The van der Waals surface area contributed by atoms with Crippen molar-refractivity contribution in [3.63, 3.8) is 0 Å². The number of nitrogens with one attached hydrogen (secondary N) is 2. The van der Waals surface area contributed by atoms with Crippen LogP contribution in [-0.2, 0) is 11.3 Å². The van der Waals surface area contributed by atoms with Gasteiger partial charge in [0.25, 0.3) is 0 Å². The van der Waals surface area contributed by atoms with Crippen LogP contribution in [0.3, 0.4) is 0 Å². The van der Waals surface area contributed by atoms with Gasteiger partial charge in [0.1, 0.15) is 5.65 Å². The molecular formula is C15H19N7O. The van der Waals surface area contributed by atoms with Crippen molar-refractivity contribution >= 4 is 17.4 Å². The van der Waals surface area contributed by atoms with Crippen molar-refractivity contribution in [2.45, 2.75) is 19.0 Å². The quantitative estimate of drug-likeness (QED) is 0.716. The summed E-state index contributed by atoms with van der Waals surface area (Å²) in [4.78, 5) is 11.5. The monoisotopic (exact) mass is 313 g/mol. The van der Waals surface area contributed by atoms with Crippen LogP contribution in [0.1, 0.15) is 12.1 Å². The van der Waals surface area contributed by atoms with Crippen LogP contribution in [0.5, 0.6) is 0 Å². The Hall–Kier alpha value is -2.45. The average Bonchev–Trinajstić information content (AvgIpc) is 3.19. The highest BCUT2D eigenvalue weighted by Crippen LogP contribution is 2.21. The van der Waals surface area contributed by atoms with Crippen molar-refractivity contribution in [1.82, 2.24) is 29.5 Å². The molecule has 8 nitrogen and oxygen atoms in total. The molecule has 0 aromatic carbocycles. The van der Waals surface area contributed by atoms with E-state index in [1.807, 2.05) is 22.7 Å². The summed E-state index contributed by atoms with van der Waals surface area (Å²) < 4.78 is 7.21. The van der Waals surface area contributed by atoms with E-state index in [-0.39, 0.29) is 0 Å². The molecule has 1 fully saturated rings. The first-order valence-corrected chi connectivity index (χ1v) is 7.66. The highest BCUT2D eigenvalue weighted by molar-refractivity contribution is 5.53. The number of ether oxygens (including phenoxy) is 1. The third kappa shape index (κ3) is 2.78. The van der Waals surface area contributed by atoms with Gasteiger partial charge in [0, 0.05) is 50.9 Å². The Morgan fingerprint density at radius 3 is 3.13 bits per heavy atom. The maximum atomic E-state index is 5.25. The minimum absolute atomic E-state index is 0.504. The second-order valence-electron chi connectivity index (χ2n) is 5.68.